The third kappa shape index (κ3) is 4.71. The molecular weight excluding hydrogens is 408 g/mol. The zero-order valence-electron chi connectivity index (χ0n) is 15.0. The van der Waals surface area contributed by atoms with Gasteiger partial charge in [0, 0.05) is 30.3 Å². The van der Waals surface area contributed by atoms with Crippen LogP contribution in [0.15, 0.2) is 53.4 Å². The number of sulfonamides is 1. The highest BCUT2D eigenvalue weighted by Gasteiger charge is 2.35. The predicted octanol–water partition coefficient (Wildman–Crippen LogP) is 1.59. The van der Waals surface area contributed by atoms with Gasteiger partial charge in [-0.25, -0.2) is 13.9 Å². The summed E-state index contributed by atoms with van der Waals surface area (Å²) >= 11 is 0. The van der Waals surface area contributed by atoms with Crippen LogP contribution in [0.2, 0.25) is 0 Å². The highest BCUT2D eigenvalue weighted by Crippen LogP contribution is 2.27. The summed E-state index contributed by atoms with van der Waals surface area (Å²) in [5.74, 6) is -1.09. The number of para-hydroxylation sites is 1. The molecule has 0 aromatic heterocycles. The first kappa shape index (κ1) is 21.9. The van der Waals surface area contributed by atoms with Gasteiger partial charge in [0.15, 0.2) is 0 Å². The Morgan fingerprint density at radius 1 is 1.14 bits per heavy atom. The number of non-ortho nitro benzene ring substituents is 1. The maximum Gasteiger partial charge on any atom is 0.273 e. The van der Waals surface area contributed by atoms with Gasteiger partial charge in [-0.15, -0.1) is 0 Å². The van der Waals surface area contributed by atoms with Crippen LogP contribution in [0.4, 0.5) is 11.4 Å². The number of nitrogens with one attached hydrogen (secondary N) is 1. The van der Waals surface area contributed by atoms with Gasteiger partial charge in [0.25, 0.3) is 17.3 Å². The summed E-state index contributed by atoms with van der Waals surface area (Å²) in [4.78, 5) is 32.2. The fourth-order valence-corrected chi connectivity index (χ4v) is 4.15. The topological polar surface area (TPSA) is 173 Å². The van der Waals surface area contributed by atoms with Crippen LogP contribution >= 0.6 is 0 Å². The summed E-state index contributed by atoms with van der Waals surface area (Å²) in [5.41, 5.74) is 0.463. The Labute approximate surface area is 164 Å². The Bertz CT molecular complexity index is 1060. The molecule has 0 unspecified atom stereocenters. The van der Waals surface area contributed by atoms with E-state index in [0.29, 0.717) is 4.31 Å². The second-order valence-corrected chi connectivity index (χ2v) is 7.73. The van der Waals surface area contributed by atoms with Gasteiger partial charge in [-0.3, -0.25) is 30.2 Å². The van der Waals surface area contributed by atoms with E-state index in [0.717, 1.165) is 31.2 Å². The lowest BCUT2D eigenvalue weighted by atomic mass is 10.1. The summed E-state index contributed by atoms with van der Waals surface area (Å²) in [6.07, 6.45) is 0. The number of nitro benzene ring substituents is 2. The molecule has 0 aliphatic carbocycles. The smallest absolute Gasteiger partial charge is 0.273 e. The van der Waals surface area contributed by atoms with Gasteiger partial charge >= 0.3 is 0 Å². The van der Waals surface area contributed by atoms with Gasteiger partial charge in [-0.05, 0) is 13.0 Å². The van der Waals surface area contributed by atoms with Crippen LogP contribution in [0.3, 0.4) is 0 Å². The maximum atomic E-state index is 13.1. The minimum absolute atomic E-state index is 0.0101. The summed E-state index contributed by atoms with van der Waals surface area (Å²) < 4.78 is 26.9. The lowest BCUT2D eigenvalue weighted by Gasteiger charge is -2.26. The number of nitrogens with zero attached hydrogens (tertiary/aromatic N) is 3. The highest BCUT2D eigenvalue weighted by molar-refractivity contribution is 7.89. The predicted molar refractivity (Wildman–Crippen MR) is 98.3 cm³/mol. The first-order valence-electron chi connectivity index (χ1n) is 8.02. The molecule has 2 N–H and O–H groups in total. The van der Waals surface area contributed by atoms with Gasteiger partial charge < -0.3 is 0 Å². The summed E-state index contributed by atoms with van der Waals surface area (Å²) in [6.45, 7) is 0.575. The van der Waals surface area contributed by atoms with Crippen molar-refractivity contribution in [2.45, 2.75) is 24.4 Å². The van der Waals surface area contributed by atoms with E-state index < -0.39 is 48.9 Å². The van der Waals surface area contributed by atoms with Crippen LogP contribution in [0.25, 0.3) is 0 Å². The molecule has 0 bridgehead atoms. The molecule has 0 saturated heterocycles. The molecule has 12 nitrogen and oxygen atoms in total. The SMILES string of the molecule is C[C@@H](C(=O)NO)N(Cc1ccccc1[N+](=O)[O-])S(=O)(=O)c1cccc([N+](=O)[O-])c1. The van der Waals surface area contributed by atoms with Crippen molar-refractivity contribution in [1.82, 2.24) is 9.79 Å². The Hall–Kier alpha value is -3.42. The van der Waals surface area contributed by atoms with Crippen molar-refractivity contribution < 1.29 is 28.3 Å². The monoisotopic (exact) mass is 424 g/mol. The van der Waals surface area contributed by atoms with Gasteiger partial charge in [-0.2, -0.15) is 4.31 Å². The van der Waals surface area contributed by atoms with Crippen LogP contribution in [0.1, 0.15) is 12.5 Å². The number of nitro groups is 2. The fourth-order valence-electron chi connectivity index (χ4n) is 2.54. The average molecular weight is 424 g/mol. The molecule has 2 aromatic rings. The van der Waals surface area contributed by atoms with Gasteiger partial charge in [-0.1, -0.05) is 24.3 Å². The van der Waals surface area contributed by atoms with Crippen molar-refractivity contribution in [3.63, 3.8) is 0 Å². The van der Waals surface area contributed by atoms with Crippen LogP contribution < -0.4 is 5.48 Å². The summed E-state index contributed by atoms with van der Waals surface area (Å²) in [7, 11) is -4.52. The highest BCUT2D eigenvalue weighted by atomic mass is 32.2. The van der Waals surface area contributed by atoms with Crippen molar-refractivity contribution in [2.24, 2.45) is 0 Å². The number of hydrogen-bond donors (Lipinski definition) is 2. The molecule has 2 aromatic carbocycles. The quantitative estimate of drug-likeness (QED) is 0.365. The largest absolute Gasteiger partial charge is 0.289 e. The second kappa shape index (κ2) is 8.72. The third-order valence-electron chi connectivity index (χ3n) is 4.07. The van der Waals surface area contributed by atoms with E-state index >= 15 is 0 Å². The third-order valence-corrected chi connectivity index (χ3v) is 5.98. The zero-order chi connectivity index (χ0) is 21.8. The van der Waals surface area contributed by atoms with Crippen LogP contribution in [0.5, 0.6) is 0 Å². The van der Waals surface area contributed by atoms with Crippen molar-refractivity contribution >= 4 is 27.3 Å². The standard InChI is InChI=1S/C16H16N4O8S/c1-11(16(21)17-22)18(10-12-5-2-3-8-15(12)20(25)26)29(27,28)14-7-4-6-13(9-14)19(23)24/h2-9,11,22H,10H2,1H3,(H,17,21)/t11-/m0/s1. The maximum absolute atomic E-state index is 13.1. The summed E-state index contributed by atoms with van der Waals surface area (Å²) in [6, 6.07) is 8.01. The lowest BCUT2D eigenvalue weighted by Crippen LogP contribution is -2.46. The van der Waals surface area contributed by atoms with E-state index in [9.17, 15) is 33.4 Å². The molecule has 0 aliphatic heterocycles. The molecule has 1 atom stereocenters. The lowest BCUT2D eigenvalue weighted by molar-refractivity contribution is -0.385. The van der Waals surface area contributed by atoms with Crippen molar-refractivity contribution in [2.75, 3.05) is 0 Å². The van der Waals surface area contributed by atoms with Gasteiger partial charge in [0.2, 0.25) is 10.0 Å². The molecule has 0 spiro atoms. The number of benzene rings is 2. The Morgan fingerprint density at radius 2 is 1.79 bits per heavy atom. The van der Waals surface area contributed by atoms with Gasteiger partial charge in [0.05, 0.1) is 14.7 Å². The molecule has 154 valence electrons. The molecule has 29 heavy (non-hydrogen) atoms. The minimum atomic E-state index is -4.52. The van der Waals surface area contributed by atoms with E-state index in [-0.39, 0.29) is 11.3 Å². The molecule has 0 saturated carbocycles. The van der Waals surface area contributed by atoms with Crippen molar-refractivity contribution in [3.8, 4) is 0 Å². The normalized spacial score (nSPS) is 12.4. The first-order chi connectivity index (χ1) is 13.6. The van der Waals surface area contributed by atoms with E-state index in [1.807, 2.05) is 0 Å². The zero-order valence-corrected chi connectivity index (χ0v) is 15.8. The van der Waals surface area contributed by atoms with E-state index in [2.05, 4.69) is 0 Å². The van der Waals surface area contributed by atoms with Crippen LogP contribution in [0, 0.1) is 20.2 Å². The number of amides is 1. The Balaban J connectivity index is 2.59. The number of carbonyl (C=O) groups excluding carboxylic acids is 1. The van der Waals surface area contributed by atoms with Crippen LogP contribution in [-0.2, 0) is 21.4 Å². The van der Waals surface area contributed by atoms with Crippen LogP contribution in [-0.4, -0.2) is 39.7 Å². The molecule has 13 heteroatoms. The van der Waals surface area contributed by atoms with E-state index in [1.165, 1.54) is 29.7 Å². The van der Waals surface area contributed by atoms with E-state index in [1.54, 1.807) is 0 Å². The molecular formula is C16H16N4O8S. The first-order valence-corrected chi connectivity index (χ1v) is 9.46. The molecule has 0 radical (unpaired) electrons. The number of rotatable bonds is 8. The molecule has 0 fully saturated rings. The molecule has 2 rings (SSSR count). The fraction of sp³-hybridized carbons (Fsp3) is 0.188. The molecule has 0 heterocycles. The minimum Gasteiger partial charge on any atom is -0.289 e. The summed E-state index contributed by atoms with van der Waals surface area (Å²) in [5, 5.41) is 31.1. The number of hydroxylamine groups is 1. The Kier molecular flexibility index (Phi) is 6.58. The van der Waals surface area contributed by atoms with Gasteiger partial charge in [0.1, 0.15) is 6.04 Å². The molecule has 1 amide bonds. The number of hydrogen-bond acceptors (Lipinski definition) is 8. The number of carbonyl (C=O) groups is 1. The van der Waals surface area contributed by atoms with Crippen molar-refractivity contribution in [3.05, 3.63) is 74.3 Å². The second-order valence-electron chi connectivity index (χ2n) is 5.84. The van der Waals surface area contributed by atoms with E-state index in [4.69, 9.17) is 5.21 Å². The Morgan fingerprint density at radius 3 is 2.38 bits per heavy atom. The average Bonchev–Trinajstić information content (AvgIpc) is 2.70. The van der Waals surface area contributed by atoms with Crippen molar-refractivity contribution in [1.29, 1.82) is 0 Å². The molecule has 0 aliphatic rings.